The van der Waals surface area contributed by atoms with Gasteiger partial charge in [0.15, 0.2) is 6.29 Å². The van der Waals surface area contributed by atoms with Gasteiger partial charge in [-0.05, 0) is 25.9 Å². The van der Waals surface area contributed by atoms with Gasteiger partial charge in [-0.25, -0.2) is 9.78 Å². The number of rotatable bonds is 11. The van der Waals surface area contributed by atoms with Gasteiger partial charge in [-0.1, -0.05) is 13.8 Å². The molecule has 0 spiro atoms. The van der Waals surface area contributed by atoms with E-state index in [1.165, 1.54) is 0 Å². The lowest BCUT2D eigenvalue weighted by molar-refractivity contribution is -0.402. The molecule has 0 saturated carbocycles. The SMILES string of the molecule is CC(C)(CO)C(OCCCN)OOCCCN. The van der Waals surface area contributed by atoms with Gasteiger partial charge < -0.3 is 21.3 Å². The number of aliphatic hydroxyl groups excluding tert-OH is 1. The fraction of sp³-hybridized carbons (Fsp3) is 1.00. The molecule has 6 heteroatoms. The molecule has 1 unspecified atom stereocenters. The monoisotopic (exact) mass is 250 g/mol. The Hall–Kier alpha value is -0.240. The van der Waals surface area contributed by atoms with E-state index in [-0.39, 0.29) is 6.61 Å². The maximum atomic E-state index is 9.26. The second kappa shape index (κ2) is 9.76. The van der Waals surface area contributed by atoms with E-state index in [1.807, 2.05) is 13.8 Å². The van der Waals surface area contributed by atoms with Crippen LogP contribution in [-0.2, 0) is 14.5 Å². The second-order valence-electron chi connectivity index (χ2n) is 4.55. The van der Waals surface area contributed by atoms with Crippen LogP contribution in [0.5, 0.6) is 0 Å². The van der Waals surface area contributed by atoms with E-state index in [2.05, 4.69) is 0 Å². The highest BCUT2D eigenvalue weighted by atomic mass is 17.2. The number of aliphatic hydroxyl groups is 1. The first-order chi connectivity index (χ1) is 8.08. The molecule has 0 bridgehead atoms. The highest BCUT2D eigenvalue weighted by Gasteiger charge is 2.31. The van der Waals surface area contributed by atoms with Crippen LogP contribution in [-0.4, -0.2) is 44.3 Å². The molecule has 6 nitrogen and oxygen atoms in total. The van der Waals surface area contributed by atoms with Crippen molar-refractivity contribution in [3.8, 4) is 0 Å². The summed E-state index contributed by atoms with van der Waals surface area (Å²) in [5, 5.41) is 9.26. The molecule has 0 heterocycles. The predicted octanol–water partition coefficient (Wildman–Crippen LogP) is -0.00660. The van der Waals surface area contributed by atoms with Crippen molar-refractivity contribution < 1.29 is 19.6 Å². The van der Waals surface area contributed by atoms with E-state index in [1.54, 1.807) is 0 Å². The summed E-state index contributed by atoms with van der Waals surface area (Å²) >= 11 is 0. The Morgan fingerprint density at radius 1 is 1.12 bits per heavy atom. The molecule has 0 aliphatic heterocycles. The van der Waals surface area contributed by atoms with Gasteiger partial charge in [0.2, 0.25) is 0 Å². The molecule has 5 N–H and O–H groups in total. The smallest absolute Gasteiger partial charge is 0.198 e. The summed E-state index contributed by atoms with van der Waals surface area (Å²) in [7, 11) is 0. The third kappa shape index (κ3) is 7.64. The molecular weight excluding hydrogens is 224 g/mol. The molecule has 104 valence electrons. The van der Waals surface area contributed by atoms with Gasteiger partial charge >= 0.3 is 0 Å². The summed E-state index contributed by atoms with van der Waals surface area (Å²) in [5.74, 6) is 0. The van der Waals surface area contributed by atoms with Crippen LogP contribution in [0.15, 0.2) is 0 Å². The van der Waals surface area contributed by atoms with E-state index in [9.17, 15) is 5.11 Å². The average Bonchev–Trinajstić information content (AvgIpc) is 2.32. The lowest BCUT2D eigenvalue weighted by Gasteiger charge is -2.30. The highest BCUT2D eigenvalue weighted by Crippen LogP contribution is 2.24. The molecule has 0 amide bonds. The first-order valence-electron chi connectivity index (χ1n) is 5.99. The molecular formula is C11H26N2O4. The third-order valence-electron chi connectivity index (χ3n) is 2.25. The first kappa shape index (κ1) is 16.8. The molecule has 0 saturated heterocycles. The second-order valence-corrected chi connectivity index (χ2v) is 4.55. The third-order valence-corrected chi connectivity index (χ3v) is 2.25. The van der Waals surface area contributed by atoms with Crippen molar-refractivity contribution in [2.45, 2.75) is 33.0 Å². The van der Waals surface area contributed by atoms with Gasteiger partial charge in [0.25, 0.3) is 0 Å². The lowest BCUT2D eigenvalue weighted by Crippen LogP contribution is -2.38. The van der Waals surface area contributed by atoms with Gasteiger partial charge in [-0.15, -0.1) is 0 Å². The molecule has 1 atom stereocenters. The zero-order valence-electron chi connectivity index (χ0n) is 10.9. The van der Waals surface area contributed by atoms with Crippen molar-refractivity contribution in [1.29, 1.82) is 0 Å². The van der Waals surface area contributed by atoms with E-state index >= 15 is 0 Å². The molecule has 0 aliphatic rings. The summed E-state index contributed by atoms with van der Waals surface area (Å²) in [6.07, 6.45) is 0.844. The van der Waals surface area contributed by atoms with Crippen molar-refractivity contribution in [2.24, 2.45) is 16.9 Å². The minimum atomic E-state index is -0.614. The van der Waals surface area contributed by atoms with Gasteiger partial charge in [-0.3, -0.25) is 0 Å². The largest absolute Gasteiger partial charge is 0.396 e. The topological polar surface area (TPSA) is 100.0 Å². The number of hydrogen-bond acceptors (Lipinski definition) is 6. The standard InChI is InChI=1S/C11H26N2O4/c1-11(2,9-14)10(15-7-3-5-12)17-16-8-4-6-13/h10,14H,3-9,12-13H2,1-2H3. The quantitative estimate of drug-likeness (QED) is 0.206. The molecule has 0 aliphatic carbocycles. The van der Waals surface area contributed by atoms with Gasteiger partial charge in [0.1, 0.15) is 0 Å². The Morgan fingerprint density at radius 2 is 1.71 bits per heavy atom. The molecule has 0 aromatic carbocycles. The molecule has 0 radical (unpaired) electrons. The summed E-state index contributed by atoms with van der Waals surface area (Å²) in [5.41, 5.74) is 10.2. The zero-order chi connectivity index (χ0) is 13.1. The van der Waals surface area contributed by atoms with Gasteiger partial charge in [0, 0.05) is 5.41 Å². The molecule has 0 aromatic rings. The van der Waals surface area contributed by atoms with E-state index in [0.29, 0.717) is 26.3 Å². The van der Waals surface area contributed by atoms with Crippen molar-refractivity contribution in [3.05, 3.63) is 0 Å². The van der Waals surface area contributed by atoms with Crippen molar-refractivity contribution in [3.63, 3.8) is 0 Å². The average molecular weight is 250 g/mol. The minimum Gasteiger partial charge on any atom is -0.396 e. The Morgan fingerprint density at radius 3 is 2.24 bits per heavy atom. The van der Waals surface area contributed by atoms with Crippen molar-refractivity contribution in [2.75, 3.05) is 32.9 Å². The number of ether oxygens (including phenoxy) is 1. The van der Waals surface area contributed by atoms with E-state index in [0.717, 1.165) is 12.8 Å². The normalized spacial score (nSPS) is 13.9. The Balaban J connectivity index is 4.02. The molecule has 0 aromatic heterocycles. The Bertz CT molecular complexity index is 179. The van der Waals surface area contributed by atoms with Crippen molar-refractivity contribution >= 4 is 0 Å². The van der Waals surface area contributed by atoms with Gasteiger partial charge in [0.05, 0.1) is 19.8 Å². The fourth-order valence-electron chi connectivity index (χ4n) is 0.984. The Labute approximate surface area is 103 Å². The van der Waals surface area contributed by atoms with Crippen LogP contribution in [0.25, 0.3) is 0 Å². The van der Waals surface area contributed by atoms with E-state index in [4.69, 9.17) is 26.0 Å². The first-order valence-corrected chi connectivity index (χ1v) is 5.99. The molecule has 0 fully saturated rings. The Kier molecular flexibility index (Phi) is 9.62. The van der Waals surface area contributed by atoms with Crippen LogP contribution >= 0.6 is 0 Å². The highest BCUT2D eigenvalue weighted by molar-refractivity contribution is 4.70. The van der Waals surface area contributed by atoms with Crippen LogP contribution in [0.3, 0.4) is 0 Å². The van der Waals surface area contributed by atoms with Crippen LogP contribution in [0.1, 0.15) is 26.7 Å². The lowest BCUT2D eigenvalue weighted by atomic mass is 9.94. The fourth-order valence-corrected chi connectivity index (χ4v) is 0.984. The van der Waals surface area contributed by atoms with Crippen LogP contribution in [0.2, 0.25) is 0 Å². The summed E-state index contributed by atoms with van der Waals surface area (Å²) in [6, 6.07) is 0. The summed E-state index contributed by atoms with van der Waals surface area (Å²) in [4.78, 5) is 10.2. The summed E-state index contributed by atoms with van der Waals surface area (Å²) < 4.78 is 5.50. The minimum absolute atomic E-state index is 0.0550. The number of hydrogen-bond donors (Lipinski definition) is 3. The molecule has 17 heavy (non-hydrogen) atoms. The number of nitrogens with two attached hydrogens (primary N) is 2. The summed E-state index contributed by atoms with van der Waals surface area (Å²) in [6.45, 7) is 5.62. The van der Waals surface area contributed by atoms with E-state index < -0.39 is 11.7 Å². The maximum absolute atomic E-state index is 9.26. The van der Waals surface area contributed by atoms with Crippen LogP contribution in [0.4, 0.5) is 0 Å². The van der Waals surface area contributed by atoms with Crippen LogP contribution < -0.4 is 11.5 Å². The zero-order valence-corrected chi connectivity index (χ0v) is 10.9. The van der Waals surface area contributed by atoms with Gasteiger partial charge in [-0.2, -0.15) is 0 Å². The van der Waals surface area contributed by atoms with Crippen molar-refractivity contribution in [1.82, 2.24) is 0 Å². The maximum Gasteiger partial charge on any atom is 0.198 e. The predicted molar refractivity (Wildman–Crippen MR) is 65.0 cm³/mol. The molecule has 0 rings (SSSR count). The van der Waals surface area contributed by atoms with Crippen LogP contribution in [0, 0.1) is 5.41 Å².